The molecule has 0 aliphatic rings. The average Bonchev–Trinajstić information content (AvgIpc) is 3.02. The summed E-state index contributed by atoms with van der Waals surface area (Å²) in [5.74, 6) is 0.971. The first-order valence-corrected chi connectivity index (χ1v) is 7.41. The number of rotatable bonds is 5. The minimum absolute atomic E-state index is 0.202. The molecule has 2 aromatic heterocycles. The smallest absolute Gasteiger partial charge is 0.318 e. The van der Waals surface area contributed by atoms with Crippen LogP contribution in [0.3, 0.4) is 0 Å². The van der Waals surface area contributed by atoms with E-state index in [4.69, 9.17) is 16.1 Å². The summed E-state index contributed by atoms with van der Waals surface area (Å²) in [4.78, 5) is 18.0. The number of carbonyl (C=O) groups is 1. The second-order valence-electron chi connectivity index (χ2n) is 5.20. The number of aryl methyl sites for hydroxylation is 2. The highest BCUT2D eigenvalue weighted by Gasteiger charge is 2.20. The largest absolute Gasteiger partial charge is 0.351 e. The van der Waals surface area contributed by atoms with Gasteiger partial charge in [-0.2, -0.15) is 4.98 Å². The van der Waals surface area contributed by atoms with E-state index in [9.17, 15) is 4.79 Å². The van der Waals surface area contributed by atoms with E-state index in [1.165, 1.54) is 0 Å². The molecule has 0 aliphatic carbocycles. The molecule has 0 fully saturated rings. The second-order valence-corrected chi connectivity index (χ2v) is 5.63. The van der Waals surface area contributed by atoms with E-state index in [0.717, 1.165) is 5.69 Å². The van der Waals surface area contributed by atoms with E-state index in [2.05, 4.69) is 15.5 Å². The highest BCUT2D eigenvalue weighted by molar-refractivity contribution is 6.30. The average molecular weight is 326 g/mol. The van der Waals surface area contributed by atoms with Crippen LogP contribution in [-0.4, -0.2) is 32.7 Å². The Labute approximate surface area is 134 Å². The maximum Gasteiger partial charge on any atom is 0.318 e. The number of amides is 2. The van der Waals surface area contributed by atoms with E-state index in [1.54, 1.807) is 25.1 Å². The lowest BCUT2D eigenvalue weighted by atomic mass is 10.2. The molecule has 7 nitrogen and oxygen atoms in total. The molecule has 1 atom stereocenters. The zero-order chi connectivity index (χ0) is 16.3. The lowest BCUT2D eigenvalue weighted by molar-refractivity contribution is 0.200. The molecule has 0 bridgehead atoms. The molecule has 2 amide bonds. The Hall–Kier alpha value is -2.02. The molecule has 0 aliphatic heterocycles. The van der Waals surface area contributed by atoms with Crippen molar-refractivity contribution in [2.75, 3.05) is 7.05 Å². The monoisotopic (exact) mass is 325 g/mol. The third-order valence-corrected chi connectivity index (χ3v) is 3.59. The summed E-state index contributed by atoms with van der Waals surface area (Å²) in [6.45, 7) is 4.13. The minimum Gasteiger partial charge on any atom is -0.351 e. The van der Waals surface area contributed by atoms with Crippen LogP contribution in [0.25, 0.3) is 0 Å². The molecule has 2 heterocycles. The molecule has 0 saturated carbocycles. The highest BCUT2D eigenvalue weighted by Crippen LogP contribution is 2.16. The normalized spacial score (nSPS) is 12.2. The van der Waals surface area contributed by atoms with Gasteiger partial charge in [0.1, 0.15) is 0 Å². The van der Waals surface area contributed by atoms with Gasteiger partial charge >= 0.3 is 6.03 Å². The molecule has 120 valence electrons. The third kappa shape index (κ3) is 3.79. The fraction of sp³-hybridized carbons (Fsp3) is 0.500. The van der Waals surface area contributed by atoms with Gasteiger partial charge in [-0.15, -0.1) is 0 Å². The van der Waals surface area contributed by atoms with Gasteiger partial charge in [0, 0.05) is 32.9 Å². The van der Waals surface area contributed by atoms with Crippen LogP contribution in [0.15, 0.2) is 16.8 Å². The molecule has 22 heavy (non-hydrogen) atoms. The van der Waals surface area contributed by atoms with Crippen molar-refractivity contribution in [3.63, 3.8) is 0 Å². The number of aromatic nitrogens is 3. The predicted octanol–water partition coefficient (Wildman–Crippen LogP) is 2.66. The molecule has 2 rings (SSSR count). The van der Waals surface area contributed by atoms with Gasteiger partial charge in [-0.3, -0.25) is 0 Å². The zero-order valence-electron chi connectivity index (χ0n) is 13.1. The van der Waals surface area contributed by atoms with Crippen molar-refractivity contribution in [1.29, 1.82) is 0 Å². The molecule has 0 spiro atoms. The van der Waals surface area contributed by atoms with Crippen LogP contribution >= 0.6 is 11.6 Å². The van der Waals surface area contributed by atoms with Crippen LogP contribution in [-0.2, 0) is 13.6 Å². The van der Waals surface area contributed by atoms with E-state index in [-0.39, 0.29) is 12.1 Å². The van der Waals surface area contributed by atoms with Crippen LogP contribution in [0.1, 0.15) is 36.8 Å². The fourth-order valence-electron chi connectivity index (χ4n) is 2.10. The molecule has 0 unspecified atom stereocenters. The number of nitrogens with one attached hydrogen (secondary N) is 1. The van der Waals surface area contributed by atoms with Gasteiger partial charge in [0.25, 0.3) is 0 Å². The summed E-state index contributed by atoms with van der Waals surface area (Å²) >= 11 is 5.95. The molecule has 8 heteroatoms. The number of carbonyl (C=O) groups excluding carboxylic acids is 1. The predicted molar refractivity (Wildman–Crippen MR) is 82.5 cm³/mol. The first-order chi connectivity index (χ1) is 10.4. The summed E-state index contributed by atoms with van der Waals surface area (Å²) in [7, 11) is 3.62. The molecule has 0 saturated heterocycles. The van der Waals surface area contributed by atoms with Crippen molar-refractivity contribution < 1.29 is 9.32 Å². The third-order valence-electron chi connectivity index (χ3n) is 3.38. The Morgan fingerprint density at radius 2 is 2.32 bits per heavy atom. The fourth-order valence-corrected chi connectivity index (χ4v) is 2.38. The maximum absolute atomic E-state index is 12.3. The maximum atomic E-state index is 12.3. The number of urea groups is 1. The minimum atomic E-state index is -0.274. The van der Waals surface area contributed by atoms with Crippen molar-refractivity contribution in [1.82, 2.24) is 24.9 Å². The Morgan fingerprint density at radius 3 is 2.82 bits per heavy atom. The van der Waals surface area contributed by atoms with Gasteiger partial charge < -0.3 is 19.3 Å². The van der Waals surface area contributed by atoms with Crippen LogP contribution in [0.2, 0.25) is 5.02 Å². The first kappa shape index (κ1) is 16.4. The number of halogens is 1. The molecule has 1 N–H and O–H groups in total. The lowest BCUT2D eigenvalue weighted by Crippen LogP contribution is -2.39. The Morgan fingerprint density at radius 1 is 1.59 bits per heavy atom. The SMILES string of the molecule is CC[C@H](NC(=O)N(C)Cc1cc(Cl)cn1C)c1noc(C)n1. The van der Waals surface area contributed by atoms with E-state index in [0.29, 0.717) is 29.7 Å². The summed E-state index contributed by atoms with van der Waals surface area (Å²) in [5, 5.41) is 7.41. The lowest BCUT2D eigenvalue weighted by Gasteiger charge is -2.21. The van der Waals surface area contributed by atoms with Crippen molar-refractivity contribution >= 4 is 17.6 Å². The topological polar surface area (TPSA) is 76.2 Å². The second kappa shape index (κ2) is 6.83. The van der Waals surface area contributed by atoms with Gasteiger partial charge in [-0.05, 0) is 12.5 Å². The van der Waals surface area contributed by atoms with Gasteiger partial charge in [0.2, 0.25) is 5.89 Å². The van der Waals surface area contributed by atoms with Crippen molar-refractivity contribution in [2.45, 2.75) is 32.9 Å². The quantitative estimate of drug-likeness (QED) is 0.917. The van der Waals surface area contributed by atoms with Gasteiger partial charge in [-0.25, -0.2) is 4.79 Å². The van der Waals surface area contributed by atoms with Gasteiger partial charge in [0.05, 0.1) is 17.6 Å². The van der Waals surface area contributed by atoms with E-state index in [1.807, 2.05) is 24.6 Å². The first-order valence-electron chi connectivity index (χ1n) is 7.03. The molecule has 0 aromatic carbocycles. The molecule has 0 radical (unpaired) electrons. The van der Waals surface area contributed by atoms with Crippen molar-refractivity contribution in [3.05, 3.63) is 34.7 Å². The zero-order valence-corrected chi connectivity index (χ0v) is 13.9. The van der Waals surface area contributed by atoms with Gasteiger partial charge in [0.15, 0.2) is 5.82 Å². The van der Waals surface area contributed by atoms with Crippen molar-refractivity contribution in [3.8, 4) is 0 Å². The van der Waals surface area contributed by atoms with Gasteiger partial charge in [-0.1, -0.05) is 23.7 Å². The summed E-state index contributed by atoms with van der Waals surface area (Å²) in [6, 6.07) is 1.36. The molecular weight excluding hydrogens is 306 g/mol. The van der Waals surface area contributed by atoms with Crippen LogP contribution in [0, 0.1) is 6.92 Å². The summed E-state index contributed by atoms with van der Waals surface area (Å²) in [6.07, 6.45) is 2.48. The van der Waals surface area contributed by atoms with E-state index < -0.39 is 0 Å². The highest BCUT2D eigenvalue weighted by atomic mass is 35.5. The Balaban J connectivity index is 1.99. The number of hydrogen-bond acceptors (Lipinski definition) is 4. The molecular formula is C14H20ClN5O2. The number of hydrogen-bond donors (Lipinski definition) is 1. The molecule has 2 aromatic rings. The van der Waals surface area contributed by atoms with Crippen molar-refractivity contribution in [2.24, 2.45) is 7.05 Å². The summed E-state index contributed by atoms with van der Waals surface area (Å²) in [5.41, 5.74) is 0.950. The Kier molecular flexibility index (Phi) is 5.07. The van der Waals surface area contributed by atoms with Crippen LogP contribution < -0.4 is 5.32 Å². The van der Waals surface area contributed by atoms with Crippen LogP contribution in [0.5, 0.6) is 0 Å². The standard InChI is InChI=1S/C14H20ClN5O2/c1-5-12(13-16-9(2)22-18-13)17-14(21)20(4)8-11-6-10(15)7-19(11)3/h6-7,12H,5,8H2,1-4H3,(H,17,21)/t12-/m0/s1. The Bertz CT molecular complexity index is 651. The number of nitrogens with zero attached hydrogens (tertiary/aromatic N) is 4. The summed E-state index contributed by atoms with van der Waals surface area (Å²) < 4.78 is 6.85. The van der Waals surface area contributed by atoms with E-state index >= 15 is 0 Å². The van der Waals surface area contributed by atoms with Crippen LogP contribution in [0.4, 0.5) is 4.79 Å².